The Balaban J connectivity index is 2.32. The van der Waals surface area contributed by atoms with E-state index >= 15 is 0 Å². The van der Waals surface area contributed by atoms with Crippen LogP contribution in [0.3, 0.4) is 0 Å². The minimum atomic E-state index is -0.480. The van der Waals surface area contributed by atoms with E-state index in [0.29, 0.717) is 12.0 Å². The summed E-state index contributed by atoms with van der Waals surface area (Å²) in [5.41, 5.74) is 1.34. The van der Waals surface area contributed by atoms with E-state index in [1.54, 1.807) is 7.05 Å². The number of nitro benzene ring substituents is 1. The monoisotopic (exact) mass is 274 g/mol. The zero-order valence-corrected chi connectivity index (χ0v) is 11.0. The molecule has 0 fully saturated rings. The number of nitrogens with zero attached hydrogens (tertiary/aromatic N) is 1. The quantitative estimate of drug-likeness (QED) is 0.672. The van der Waals surface area contributed by atoms with Gasteiger partial charge in [0.15, 0.2) is 0 Å². The first-order valence-electron chi connectivity index (χ1n) is 6.27. The average Bonchev–Trinajstić information content (AvgIpc) is 2.45. The maximum absolute atomic E-state index is 13.3. The second kappa shape index (κ2) is 6.25. The van der Waals surface area contributed by atoms with Gasteiger partial charge in [0.1, 0.15) is 5.82 Å². The van der Waals surface area contributed by atoms with E-state index in [9.17, 15) is 14.5 Å². The van der Waals surface area contributed by atoms with Crippen molar-refractivity contribution in [1.82, 2.24) is 5.32 Å². The summed E-state index contributed by atoms with van der Waals surface area (Å²) in [6.45, 7) is 0. The topological polar surface area (TPSA) is 55.2 Å². The predicted octanol–water partition coefficient (Wildman–Crippen LogP) is 3.24. The van der Waals surface area contributed by atoms with Crippen LogP contribution in [0.25, 0.3) is 0 Å². The number of nitro groups is 1. The first kappa shape index (κ1) is 14.1. The third kappa shape index (κ3) is 3.19. The van der Waals surface area contributed by atoms with E-state index in [2.05, 4.69) is 5.32 Å². The highest BCUT2D eigenvalue weighted by Crippen LogP contribution is 2.25. The SMILES string of the molecule is CNC(Cc1cc(F)ccc1[N+](=O)[O-])c1ccccc1. The molecule has 0 aromatic heterocycles. The van der Waals surface area contributed by atoms with Crippen molar-refractivity contribution < 1.29 is 9.31 Å². The molecule has 5 heteroatoms. The highest BCUT2D eigenvalue weighted by atomic mass is 19.1. The molecule has 0 aliphatic rings. The van der Waals surface area contributed by atoms with Crippen molar-refractivity contribution in [2.45, 2.75) is 12.5 Å². The Bertz CT molecular complexity index is 602. The van der Waals surface area contributed by atoms with Crippen molar-refractivity contribution in [2.24, 2.45) is 0 Å². The van der Waals surface area contributed by atoms with Crippen molar-refractivity contribution in [3.8, 4) is 0 Å². The van der Waals surface area contributed by atoms with Gasteiger partial charge >= 0.3 is 0 Å². The normalized spacial score (nSPS) is 12.1. The molecular formula is C15H15FN2O2. The van der Waals surface area contributed by atoms with Crippen molar-refractivity contribution in [2.75, 3.05) is 7.05 Å². The molecular weight excluding hydrogens is 259 g/mol. The van der Waals surface area contributed by atoms with Gasteiger partial charge in [0, 0.05) is 17.7 Å². The first-order chi connectivity index (χ1) is 9.61. The van der Waals surface area contributed by atoms with Gasteiger partial charge in [0.05, 0.1) is 4.92 Å². The molecule has 0 bridgehead atoms. The standard InChI is InChI=1S/C15H15FN2O2/c1-17-14(11-5-3-2-4-6-11)10-12-9-13(16)7-8-15(12)18(19)20/h2-9,14,17H,10H2,1H3. The number of hydrogen-bond donors (Lipinski definition) is 1. The fourth-order valence-corrected chi connectivity index (χ4v) is 2.19. The number of rotatable bonds is 5. The molecule has 1 unspecified atom stereocenters. The van der Waals surface area contributed by atoms with Gasteiger partial charge in [0.25, 0.3) is 5.69 Å². The third-order valence-electron chi connectivity index (χ3n) is 3.21. The predicted molar refractivity (Wildman–Crippen MR) is 75.0 cm³/mol. The van der Waals surface area contributed by atoms with Crippen LogP contribution in [0.5, 0.6) is 0 Å². The molecule has 2 aromatic rings. The molecule has 0 spiro atoms. The van der Waals surface area contributed by atoms with Crippen LogP contribution in [-0.4, -0.2) is 12.0 Å². The van der Waals surface area contributed by atoms with Crippen molar-refractivity contribution in [3.63, 3.8) is 0 Å². The molecule has 20 heavy (non-hydrogen) atoms. The summed E-state index contributed by atoms with van der Waals surface area (Å²) in [4.78, 5) is 10.5. The summed E-state index contributed by atoms with van der Waals surface area (Å²) < 4.78 is 13.3. The highest BCUT2D eigenvalue weighted by molar-refractivity contribution is 5.41. The zero-order chi connectivity index (χ0) is 14.5. The fraction of sp³-hybridized carbons (Fsp3) is 0.200. The first-order valence-corrected chi connectivity index (χ1v) is 6.27. The van der Waals surface area contributed by atoms with Crippen LogP contribution >= 0.6 is 0 Å². The Kier molecular flexibility index (Phi) is 4.42. The van der Waals surface area contributed by atoms with Crippen LogP contribution in [-0.2, 0) is 6.42 Å². The summed E-state index contributed by atoms with van der Waals surface area (Å²) in [6.07, 6.45) is 0.356. The van der Waals surface area contributed by atoms with Crippen LogP contribution < -0.4 is 5.32 Å². The summed E-state index contributed by atoms with van der Waals surface area (Å²) in [7, 11) is 1.78. The Labute approximate surface area is 116 Å². The van der Waals surface area contributed by atoms with Crippen LogP contribution in [0, 0.1) is 15.9 Å². The molecule has 104 valence electrons. The molecule has 1 N–H and O–H groups in total. The number of hydrogen-bond acceptors (Lipinski definition) is 3. The van der Waals surface area contributed by atoms with Crippen LogP contribution in [0.2, 0.25) is 0 Å². The van der Waals surface area contributed by atoms with Crippen molar-refractivity contribution in [1.29, 1.82) is 0 Å². The van der Waals surface area contributed by atoms with Gasteiger partial charge in [-0.15, -0.1) is 0 Å². The van der Waals surface area contributed by atoms with E-state index in [1.807, 2.05) is 30.3 Å². The second-order valence-electron chi connectivity index (χ2n) is 4.49. The Hall–Kier alpha value is -2.27. The average molecular weight is 274 g/mol. The maximum Gasteiger partial charge on any atom is 0.272 e. The summed E-state index contributed by atoms with van der Waals surface area (Å²) in [5, 5.41) is 14.1. The van der Waals surface area contributed by atoms with Gasteiger partial charge in [-0.05, 0) is 31.2 Å². The number of likely N-dealkylation sites (N-methyl/N-ethyl adjacent to an activating group) is 1. The van der Waals surface area contributed by atoms with Crippen molar-refractivity contribution in [3.05, 3.63) is 75.6 Å². The molecule has 2 rings (SSSR count). The molecule has 0 aliphatic heterocycles. The smallest absolute Gasteiger partial charge is 0.272 e. The van der Waals surface area contributed by atoms with Gasteiger partial charge in [-0.3, -0.25) is 10.1 Å². The van der Waals surface area contributed by atoms with Gasteiger partial charge < -0.3 is 5.32 Å². The summed E-state index contributed by atoms with van der Waals surface area (Å²) >= 11 is 0. The number of nitrogens with one attached hydrogen (secondary N) is 1. The summed E-state index contributed by atoms with van der Waals surface area (Å²) in [5.74, 6) is -0.464. The summed E-state index contributed by atoms with van der Waals surface area (Å²) in [6, 6.07) is 13.0. The van der Waals surface area contributed by atoms with Crippen molar-refractivity contribution >= 4 is 5.69 Å². The van der Waals surface area contributed by atoms with Crippen LogP contribution in [0.4, 0.5) is 10.1 Å². The molecule has 0 aliphatic carbocycles. The van der Waals surface area contributed by atoms with Crippen LogP contribution in [0.1, 0.15) is 17.2 Å². The lowest BCUT2D eigenvalue weighted by molar-refractivity contribution is -0.385. The van der Waals surface area contributed by atoms with Gasteiger partial charge in [-0.2, -0.15) is 0 Å². The number of halogens is 1. The van der Waals surface area contributed by atoms with E-state index < -0.39 is 10.7 Å². The Morgan fingerprint density at radius 3 is 2.55 bits per heavy atom. The van der Waals surface area contributed by atoms with Gasteiger partial charge in [0.2, 0.25) is 0 Å². The zero-order valence-electron chi connectivity index (χ0n) is 11.0. The molecule has 0 saturated carbocycles. The minimum absolute atomic E-state index is 0.0532. The third-order valence-corrected chi connectivity index (χ3v) is 3.21. The van der Waals surface area contributed by atoms with Gasteiger partial charge in [-0.25, -0.2) is 4.39 Å². The molecule has 0 radical (unpaired) electrons. The molecule has 0 saturated heterocycles. The molecule has 4 nitrogen and oxygen atoms in total. The van der Waals surface area contributed by atoms with E-state index in [0.717, 1.165) is 11.6 Å². The van der Waals surface area contributed by atoms with E-state index in [1.165, 1.54) is 12.1 Å². The Morgan fingerprint density at radius 2 is 1.95 bits per heavy atom. The molecule has 0 amide bonds. The van der Waals surface area contributed by atoms with Crippen LogP contribution in [0.15, 0.2) is 48.5 Å². The number of benzene rings is 2. The Morgan fingerprint density at radius 1 is 1.25 bits per heavy atom. The molecule has 0 heterocycles. The lowest BCUT2D eigenvalue weighted by Gasteiger charge is -2.16. The van der Waals surface area contributed by atoms with Gasteiger partial charge in [-0.1, -0.05) is 30.3 Å². The van der Waals surface area contributed by atoms with E-state index in [4.69, 9.17) is 0 Å². The lowest BCUT2D eigenvalue weighted by Crippen LogP contribution is -2.19. The highest BCUT2D eigenvalue weighted by Gasteiger charge is 2.18. The second-order valence-corrected chi connectivity index (χ2v) is 4.49. The van der Waals surface area contributed by atoms with E-state index in [-0.39, 0.29) is 11.7 Å². The maximum atomic E-state index is 13.3. The molecule has 1 atom stereocenters. The largest absolute Gasteiger partial charge is 0.313 e. The fourth-order valence-electron chi connectivity index (χ4n) is 2.19. The molecule has 2 aromatic carbocycles. The minimum Gasteiger partial charge on any atom is -0.313 e. The lowest BCUT2D eigenvalue weighted by atomic mass is 9.98.